The first-order chi connectivity index (χ1) is 13.8. The van der Waals surface area contributed by atoms with Gasteiger partial charge >= 0.3 is 6.18 Å². The van der Waals surface area contributed by atoms with Crippen LogP contribution in [0.15, 0.2) is 29.3 Å². The number of hydrogen-bond donors (Lipinski definition) is 2. The van der Waals surface area contributed by atoms with Crippen molar-refractivity contribution in [1.82, 2.24) is 9.97 Å². The molecule has 7 nitrogen and oxygen atoms in total. The second-order valence-electron chi connectivity index (χ2n) is 7.49. The van der Waals surface area contributed by atoms with E-state index in [0.29, 0.717) is 36.8 Å². The fourth-order valence-corrected chi connectivity index (χ4v) is 4.16. The molecule has 3 rings (SSSR count). The zero-order valence-corrected chi connectivity index (χ0v) is 17.7. The van der Waals surface area contributed by atoms with Crippen molar-refractivity contribution in [3.05, 3.63) is 35.5 Å². The molecule has 2 heterocycles. The van der Waals surface area contributed by atoms with E-state index in [-0.39, 0.29) is 23.2 Å². The lowest BCUT2D eigenvalue weighted by atomic mass is 9.95. The van der Waals surface area contributed by atoms with E-state index >= 15 is 0 Å². The number of piperidine rings is 1. The van der Waals surface area contributed by atoms with Crippen LogP contribution in [0.3, 0.4) is 0 Å². The van der Waals surface area contributed by atoms with E-state index in [9.17, 15) is 26.7 Å². The molecule has 1 aliphatic heterocycles. The molecule has 1 atom stereocenters. The van der Waals surface area contributed by atoms with Crippen LogP contribution in [0.5, 0.6) is 0 Å². The van der Waals surface area contributed by atoms with Crippen molar-refractivity contribution in [3.8, 4) is 0 Å². The van der Waals surface area contributed by atoms with Crippen molar-refractivity contribution in [3.63, 3.8) is 0 Å². The number of anilines is 3. The first-order valence-corrected chi connectivity index (χ1v) is 11.3. The molecule has 0 saturated carbocycles. The summed E-state index contributed by atoms with van der Waals surface area (Å²) in [7, 11) is 1.42. The lowest BCUT2D eigenvalue weighted by Gasteiger charge is -2.38. The molecule has 1 saturated heterocycles. The number of nitrogens with one attached hydrogen (secondary N) is 1. The summed E-state index contributed by atoms with van der Waals surface area (Å²) >= 11 is 0. The summed E-state index contributed by atoms with van der Waals surface area (Å²) in [5.41, 5.74) is -1.22. The Morgan fingerprint density at radius 2 is 2.03 bits per heavy atom. The first-order valence-electron chi connectivity index (χ1n) is 9.00. The van der Waals surface area contributed by atoms with E-state index in [1.165, 1.54) is 23.1 Å². The van der Waals surface area contributed by atoms with Gasteiger partial charge in [-0.25, -0.2) is 13.4 Å². The van der Waals surface area contributed by atoms with Crippen molar-refractivity contribution in [2.24, 2.45) is 0 Å². The van der Waals surface area contributed by atoms with E-state index in [2.05, 4.69) is 15.3 Å². The first kappa shape index (κ1) is 22.6. The van der Waals surface area contributed by atoms with Gasteiger partial charge in [-0.15, -0.1) is 0 Å². The average molecular weight is 465 g/mol. The van der Waals surface area contributed by atoms with Gasteiger partial charge in [0.05, 0.1) is 10.5 Å². The lowest BCUT2D eigenvalue weighted by molar-refractivity contribution is -0.137. The minimum atomic E-state index is -4.66. The number of aliphatic hydroxyl groups is 1. The van der Waals surface area contributed by atoms with Crippen molar-refractivity contribution in [2.45, 2.75) is 43.4 Å². The van der Waals surface area contributed by atoms with E-state index in [1.807, 2.05) is 0 Å². The van der Waals surface area contributed by atoms with Crippen LogP contribution < -0.4 is 10.2 Å². The standard InChI is InChI=1S/C18H20ClF3N4O3S/c1-11-8-12(30(19,28)29)4-5-14(11)24-16-23-9-13(18(20,21)22)15(25-16)26-7-3-6-17(2,27)10-26/h4-5,8-9,27H,3,6-7,10H2,1-2H3,(H,23,24,25). The van der Waals surface area contributed by atoms with Crippen molar-refractivity contribution in [1.29, 1.82) is 0 Å². The normalized spacial score (nSPS) is 20.3. The molecule has 1 unspecified atom stereocenters. The topological polar surface area (TPSA) is 95.4 Å². The van der Waals surface area contributed by atoms with Crippen LogP contribution in [0, 0.1) is 6.92 Å². The number of β-amino-alcohol motifs (C(OH)–C–C–N with tert-alkyl or cyclic N) is 1. The summed E-state index contributed by atoms with van der Waals surface area (Å²) in [5, 5.41) is 13.1. The molecular weight excluding hydrogens is 445 g/mol. The highest BCUT2D eigenvalue weighted by atomic mass is 35.7. The van der Waals surface area contributed by atoms with Gasteiger partial charge in [0.1, 0.15) is 11.4 Å². The molecule has 2 aromatic rings. The van der Waals surface area contributed by atoms with Crippen molar-refractivity contribution in [2.75, 3.05) is 23.3 Å². The Kier molecular flexibility index (Phi) is 5.91. The van der Waals surface area contributed by atoms with E-state index in [1.54, 1.807) is 13.8 Å². The number of halogens is 4. The van der Waals surface area contributed by atoms with E-state index in [0.717, 1.165) is 0 Å². The summed E-state index contributed by atoms with van der Waals surface area (Å²) < 4.78 is 63.4. The quantitative estimate of drug-likeness (QED) is 0.664. The summed E-state index contributed by atoms with van der Waals surface area (Å²) in [6.07, 6.45) is -2.97. The molecule has 1 aromatic carbocycles. The summed E-state index contributed by atoms with van der Waals surface area (Å²) in [4.78, 5) is 9.13. The Balaban J connectivity index is 1.97. The highest BCUT2D eigenvalue weighted by Crippen LogP contribution is 2.37. The van der Waals surface area contributed by atoms with Gasteiger partial charge in [-0.1, -0.05) is 0 Å². The number of hydrogen-bond acceptors (Lipinski definition) is 7. The molecule has 30 heavy (non-hydrogen) atoms. The van der Waals surface area contributed by atoms with Crippen LogP contribution in [0.1, 0.15) is 30.9 Å². The van der Waals surface area contributed by atoms with Crippen LogP contribution in [0.25, 0.3) is 0 Å². The molecule has 0 amide bonds. The minimum absolute atomic E-state index is 0.00778. The number of alkyl halides is 3. The zero-order valence-electron chi connectivity index (χ0n) is 16.2. The lowest BCUT2D eigenvalue weighted by Crippen LogP contribution is -2.47. The second kappa shape index (κ2) is 7.86. The molecule has 0 spiro atoms. The van der Waals surface area contributed by atoms with Gasteiger partial charge in [0.25, 0.3) is 9.05 Å². The number of aromatic nitrogens is 2. The Morgan fingerprint density at radius 3 is 2.60 bits per heavy atom. The molecule has 0 radical (unpaired) electrons. The van der Waals surface area contributed by atoms with Crippen LogP contribution >= 0.6 is 10.7 Å². The molecule has 164 valence electrons. The SMILES string of the molecule is Cc1cc(S(=O)(=O)Cl)ccc1Nc1ncc(C(F)(F)F)c(N2CCCC(C)(O)C2)n1. The molecule has 1 aliphatic rings. The molecule has 0 aliphatic carbocycles. The largest absolute Gasteiger partial charge is 0.421 e. The smallest absolute Gasteiger partial charge is 0.388 e. The Bertz CT molecular complexity index is 1060. The second-order valence-corrected chi connectivity index (χ2v) is 10.1. The van der Waals surface area contributed by atoms with Crippen LogP contribution in [-0.2, 0) is 15.2 Å². The maximum absolute atomic E-state index is 13.5. The van der Waals surface area contributed by atoms with Crippen LogP contribution in [0.2, 0.25) is 0 Å². The predicted octanol–water partition coefficient (Wildman–Crippen LogP) is 3.83. The Hall–Kier alpha value is -2.11. The third kappa shape index (κ3) is 5.13. The maximum atomic E-state index is 13.5. The number of rotatable bonds is 4. The molecular formula is C18H20ClF3N4O3S. The number of benzene rings is 1. The minimum Gasteiger partial charge on any atom is -0.388 e. The van der Waals surface area contributed by atoms with Crippen molar-refractivity contribution >= 4 is 37.2 Å². The maximum Gasteiger partial charge on any atom is 0.421 e. The van der Waals surface area contributed by atoms with Gasteiger partial charge in [-0.3, -0.25) is 0 Å². The van der Waals surface area contributed by atoms with Crippen molar-refractivity contribution < 1.29 is 26.7 Å². The van der Waals surface area contributed by atoms with Gasteiger partial charge in [0.2, 0.25) is 5.95 Å². The average Bonchev–Trinajstić information content (AvgIpc) is 2.60. The van der Waals surface area contributed by atoms with E-state index < -0.39 is 26.4 Å². The molecule has 12 heteroatoms. The van der Waals surface area contributed by atoms with Crippen LogP contribution in [-0.4, -0.2) is 42.2 Å². The molecule has 0 bridgehead atoms. The predicted molar refractivity (Wildman–Crippen MR) is 107 cm³/mol. The summed E-state index contributed by atoms with van der Waals surface area (Å²) in [6.45, 7) is 3.51. The highest BCUT2D eigenvalue weighted by molar-refractivity contribution is 8.13. The fourth-order valence-electron chi connectivity index (χ4n) is 3.32. The third-order valence-corrected chi connectivity index (χ3v) is 6.13. The molecule has 1 fully saturated rings. The molecule has 1 aromatic heterocycles. The van der Waals surface area contributed by atoms with Gasteiger partial charge in [-0.2, -0.15) is 18.2 Å². The van der Waals surface area contributed by atoms with Gasteiger partial charge in [0.15, 0.2) is 0 Å². The third-order valence-electron chi connectivity index (χ3n) is 4.77. The van der Waals surface area contributed by atoms with Gasteiger partial charge in [-0.05, 0) is 50.5 Å². The summed E-state index contributed by atoms with van der Waals surface area (Å²) in [6, 6.07) is 4.03. The highest BCUT2D eigenvalue weighted by Gasteiger charge is 2.39. The van der Waals surface area contributed by atoms with Gasteiger partial charge in [0, 0.05) is 35.7 Å². The number of nitrogens with zero attached hydrogens (tertiary/aromatic N) is 3. The number of aryl methyl sites for hydroxylation is 1. The molecule has 2 N–H and O–H groups in total. The summed E-state index contributed by atoms with van der Waals surface area (Å²) in [5.74, 6) is -0.412. The van der Waals surface area contributed by atoms with Crippen LogP contribution in [0.4, 0.5) is 30.6 Å². The Morgan fingerprint density at radius 1 is 1.33 bits per heavy atom. The fraction of sp³-hybridized carbons (Fsp3) is 0.444. The zero-order chi connectivity index (χ0) is 22.3. The van der Waals surface area contributed by atoms with Gasteiger partial charge < -0.3 is 15.3 Å². The Labute approximate surface area is 176 Å². The van der Waals surface area contributed by atoms with E-state index in [4.69, 9.17) is 10.7 Å². The monoisotopic (exact) mass is 464 g/mol.